The molecule has 4 aliphatic carbocycles. The van der Waals surface area contributed by atoms with Crippen molar-refractivity contribution < 1.29 is 9.59 Å². The van der Waals surface area contributed by atoms with Gasteiger partial charge < -0.3 is 0 Å². The second-order valence-electron chi connectivity index (χ2n) is 7.83. The van der Waals surface area contributed by atoms with Gasteiger partial charge in [-0.2, -0.15) is 0 Å². The quantitative estimate of drug-likeness (QED) is 0.565. The van der Waals surface area contributed by atoms with Gasteiger partial charge in [-0.05, 0) is 62.5 Å². The maximum Gasteiger partial charge on any atom is 0.262 e. The van der Waals surface area contributed by atoms with E-state index in [0.717, 1.165) is 19.3 Å². The second-order valence-corrected chi connectivity index (χ2v) is 9.51. The monoisotopic (exact) mass is 359 g/mol. The molecule has 6 rings (SSSR count). The van der Waals surface area contributed by atoms with Crippen LogP contribution in [0.2, 0.25) is 0 Å². The standard InChI is InChI=1S/C18H18BrNO2/c19-17-6-11-5-12(7-17)9-18(8-11,10-17)20-15(21)13-3-1-2-4-14(13)16(20)22/h1-4,11-12H,5-10H2/t11-,12-,17?,18?/m0/s1. The third-order valence-electron chi connectivity index (χ3n) is 6.23. The predicted molar refractivity (Wildman–Crippen MR) is 86.0 cm³/mol. The number of hydrogen-bond acceptors (Lipinski definition) is 2. The number of rotatable bonds is 1. The SMILES string of the molecule is O=C1c2ccccc2C(=O)N1C12C[C@H]3C[C@@H](CC(Br)(C3)C1)C2. The molecule has 2 atom stereocenters. The molecule has 4 fully saturated rings. The van der Waals surface area contributed by atoms with Gasteiger partial charge in [0, 0.05) is 4.32 Å². The Bertz CT molecular complexity index is 664. The summed E-state index contributed by atoms with van der Waals surface area (Å²) in [5.41, 5.74) is 0.930. The normalized spacial score (nSPS) is 42.1. The Morgan fingerprint density at radius 3 is 2.00 bits per heavy atom. The van der Waals surface area contributed by atoms with Gasteiger partial charge in [-0.3, -0.25) is 14.5 Å². The third kappa shape index (κ3) is 1.57. The van der Waals surface area contributed by atoms with Crippen LogP contribution in [-0.2, 0) is 0 Å². The van der Waals surface area contributed by atoms with Crippen molar-refractivity contribution in [1.82, 2.24) is 4.90 Å². The number of alkyl halides is 1. The van der Waals surface area contributed by atoms with E-state index in [0.29, 0.717) is 23.0 Å². The van der Waals surface area contributed by atoms with Crippen molar-refractivity contribution in [3.05, 3.63) is 35.4 Å². The fourth-order valence-corrected chi connectivity index (χ4v) is 7.42. The molecular weight excluding hydrogens is 342 g/mol. The van der Waals surface area contributed by atoms with E-state index >= 15 is 0 Å². The molecule has 3 nitrogen and oxygen atoms in total. The lowest BCUT2D eigenvalue weighted by Crippen LogP contribution is -2.65. The minimum atomic E-state index is -0.249. The van der Waals surface area contributed by atoms with E-state index in [-0.39, 0.29) is 21.7 Å². The van der Waals surface area contributed by atoms with Crippen molar-refractivity contribution >= 4 is 27.7 Å². The summed E-state index contributed by atoms with van der Waals surface area (Å²) in [6.07, 6.45) is 6.62. The van der Waals surface area contributed by atoms with Gasteiger partial charge in [0.25, 0.3) is 11.8 Å². The van der Waals surface area contributed by atoms with Gasteiger partial charge in [-0.1, -0.05) is 28.1 Å². The van der Waals surface area contributed by atoms with Gasteiger partial charge in [0.1, 0.15) is 0 Å². The first-order chi connectivity index (χ1) is 10.5. The van der Waals surface area contributed by atoms with Crippen LogP contribution in [0.25, 0.3) is 0 Å². The molecule has 1 aromatic carbocycles. The molecule has 0 N–H and O–H groups in total. The van der Waals surface area contributed by atoms with E-state index in [1.807, 2.05) is 12.1 Å². The average Bonchev–Trinajstić information content (AvgIpc) is 2.69. The van der Waals surface area contributed by atoms with Crippen LogP contribution in [0, 0.1) is 11.8 Å². The van der Waals surface area contributed by atoms with Crippen LogP contribution in [-0.4, -0.2) is 26.6 Å². The predicted octanol–water partition coefficient (Wildman–Crippen LogP) is 3.77. The molecule has 0 spiro atoms. The summed E-state index contributed by atoms with van der Waals surface area (Å²) in [7, 11) is 0. The molecule has 0 radical (unpaired) electrons. The Hall–Kier alpha value is -1.16. The largest absolute Gasteiger partial charge is 0.269 e. The van der Waals surface area contributed by atoms with E-state index in [1.165, 1.54) is 19.3 Å². The number of halogens is 1. The van der Waals surface area contributed by atoms with Crippen molar-refractivity contribution in [2.24, 2.45) is 11.8 Å². The summed E-state index contributed by atoms with van der Waals surface area (Å²) < 4.78 is 0.145. The number of hydrogen-bond donors (Lipinski definition) is 0. The summed E-state index contributed by atoms with van der Waals surface area (Å²) in [4.78, 5) is 27.5. The lowest BCUT2D eigenvalue weighted by Gasteiger charge is -2.62. The number of carbonyl (C=O) groups excluding carboxylic acids is 2. The highest BCUT2D eigenvalue weighted by molar-refractivity contribution is 9.10. The smallest absolute Gasteiger partial charge is 0.262 e. The summed E-state index contributed by atoms with van der Waals surface area (Å²) in [5, 5.41) is 0. The zero-order chi connectivity index (χ0) is 15.1. The zero-order valence-electron chi connectivity index (χ0n) is 12.3. The number of fused-ring (bicyclic) bond motifs is 1. The Morgan fingerprint density at radius 1 is 0.955 bits per heavy atom. The van der Waals surface area contributed by atoms with Crippen LogP contribution in [0.1, 0.15) is 59.2 Å². The highest BCUT2D eigenvalue weighted by Crippen LogP contribution is 2.63. The highest BCUT2D eigenvalue weighted by atomic mass is 79.9. The summed E-state index contributed by atoms with van der Waals surface area (Å²) in [5.74, 6) is 1.17. The third-order valence-corrected chi connectivity index (χ3v) is 7.16. The molecule has 22 heavy (non-hydrogen) atoms. The molecule has 4 bridgehead atoms. The molecule has 1 aromatic rings. The Balaban J connectivity index is 1.61. The number of amides is 2. The topological polar surface area (TPSA) is 37.4 Å². The second kappa shape index (κ2) is 4.02. The van der Waals surface area contributed by atoms with Gasteiger partial charge in [0.2, 0.25) is 0 Å². The van der Waals surface area contributed by atoms with Crippen molar-refractivity contribution in [3.8, 4) is 0 Å². The van der Waals surface area contributed by atoms with Gasteiger partial charge in [0.05, 0.1) is 16.7 Å². The Labute approximate surface area is 138 Å². The molecule has 0 aromatic heterocycles. The van der Waals surface area contributed by atoms with Crippen molar-refractivity contribution in [2.75, 3.05) is 0 Å². The van der Waals surface area contributed by atoms with Crippen molar-refractivity contribution in [2.45, 2.75) is 48.4 Å². The molecule has 0 saturated heterocycles. The van der Waals surface area contributed by atoms with Gasteiger partial charge >= 0.3 is 0 Å². The van der Waals surface area contributed by atoms with E-state index in [2.05, 4.69) is 15.9 Å². The Morgan fingerprint density at radius 2 is 1.50 bits per heavy atom. The molecule has 2 amide bonds. The number of nitrogens with zero attached hydrogens (tertiary/aromatic N) is 1. The van der Waals surface area contributed by atoms with Crippen LogP contribution in [0.3, 0.4) is 0 Å². The molecule has 114 valence electrons. The minimum Gasteiger partial charge on any atom is -0.269 e. The van der Waals surface area contributed by atoms with Crippen LogP contribution < -0.4 is 0 Å². The first kappa shape index (κ1) is 13.3. The van der Waals surface area contributed by atoms with Crippen LogP contribution in [0.5, 0.6) is 0 Å². The van der Waals surface area contributed by atoms with E-state index in [4.69, 9.17) is 0 Å². The molecule has 4 saturated carbocycles. The maximum atomic E-state index is 12.9. The molecule has 1 aliphatic heterocycles. The molecule has 5 aliphatic rings. The van der Waals surface area contributed by atoms with E-state index < -0.39 is 0 Å². The fraction of sp³-hybridized carbons (Fsp3) is 0.556. The number of benzene rings is 1. The average molecular weight is 360 g/mol. The lowest BCUT2D eigenvalue weighted by atomic mass is 9.52. The van der Waals surface area contributed by atoms with Crippen LogP contribution in [0.15, 0.2) is 24.3 Å². The van der Waals surface area contributed by atoms with E-state index in [1.54, 1.807) is 17.0 Å². The van der Waals surface area contributed by atoms with Gasteiger partial charge in [0.15, 0.2) is 0 Å². The molecule has 4 heteroatoms. The van der Waals surface area contributed by atoms with E-state index in [9.17, 15) is 9.59 Å². The van der Waals surface area contributed by atoms with Crippen molar-refractivity contribution in [1.29, 1.82) is 0 Å². The molecule has 1 heterocycles. The minimum absolute atomic E-state index is 0.0707. The zero-order valence-corrected chi connectivity index (χ0v) is 13.9. The Kier molecular flexibility index (Phi) is 2.43. The van der Waals surface area contributed by atoms with Gasteiger partial charge in [-0.25, -0.2) is 0 Å². The summed E-state index contributed by atoms with van der Waals surface area (Å²) >= 11 is 3.97. The number of imide groups is 1. The van der Waals surface area contributed by atoms with Crippen LogP contribution >= 0.6 is 15.9 Å². The first-order valence-electron chi connectivity index (χ1n) is 8.17. The number of carbonyl (C=O) groups is 2. The highest BCUT2D eigenvalue weighted by Gasteiger charge is 2.62. The first-order valence-corrected chi connectivity index (χ1v) is 8.96. The summed E-state index contributed by atoms with van der Waals surface area (Å²) in [6.45, 7) is 0. The fourth-order valence-electron chi connectivity index (χ4n) is 5.99. The molecular formula is C18H18BrNO2. The lowest BCUT2D eigenvalue weighted by molar-refractivity contribution is -0.0488. The summed E-state index contributed by atoms with van der Waals surface area (Å²) in [6, 6.07) is 7.28. The van der Waals surface area contributed by atoms with Crippen LogP contribution in [0.4, 0.5) is 0 Å². The maximum absolute atomic E-state index is 12.9. The van der Waals surface area contributed by atoms with Gasteiger partial charge in [-0.15, -0.1) is 0 Å². The molecule has 0 unspecified atom stereocenters. The van der Waals surface area contributed by atoms with Crippen molar-refractivity contribution in [3.63, 3.8) is 0 Å².